The van der Waals surface area contributed by atoms with E-state index in [0.29, 0.717) is 19.0 Å². The van der Waals surface area contributed by atoms with E-state index in [4.69, 9.17) is 4.74 Å². The zero-order chi connectivity index (χ0) is 11.4. The van der Waals surface area contributed by atoms with Gasteiger partial charge < -0.3 is 9.72 Å². The Hall–Kier alpha value is -1.88. The maximum Gasteiger partial charge on any atom is 0.228 e. The third kappa shape index (κ3) is 2.38. The number of rotatable bonds is 4. The van der Waals surface area contributed by atoms with Crippen molar-refractivity contribution >= 4 is 22.9 Å². The molecule has 0 unspecified atom stereocenters. The summed E-state index contributed by atoms with van der Waals surface area (Å²) in [4.78, 5) is 18.6. The van der Waals surface area contributed by atoms with Gasteiger partial charge in [0, 0.05) is 7.11 Å². The SMILES string of the molecule is COCCC(=O)Nc1nc2ccccc2[nH]1. The molecule has 2 rings (SSSR count). The molecule has 0 saturated heterocycles. The van der Waals surface area contributed by atoms with Gasteiger partial charge in [-0.05, 0) is 12.1 Å². The van der Waals surface area contributed by atoms with Crippen LogP contribution in [0.1, 0.15) is 6.42 Å². The fourth-order valence-corrected chi connectivity index (χ4v) is 1.40. The molecule has 0 fully saturated rings. The number of imidazole rings is 1. The molecule has 5 heteroatoms. The third-order valence-corrected chi connectivity index (χ3v) is 2.18. The van der Waals surface area contributed by atoms with Crippen LogP contribution in [0.2, 0.25) is 0 Å². The number of aromatic amines is 1. The molecule has 1 amide bonds. The van der Waals surface area contributed by atoms with E-state index >= 15 is 0 Å². The van der Waals surface area contributed by atoms with E-state index in [1.54, 1.807) is 7.11 Å². The Morgan fingerprint density at radius 3 is 3.06 bits per heavy atom. The number of fused-ring (bicyclic) bond motifs is 1. The summed E-state index contributed by atoms with van der Waals surface area (Å²) >= 11 is 0. The second-order valence-corrected chi connectivity index (χ2v) is 3.39. The lowest BCUT2D eigenvalue weighted by atomic mass is 10.3. The Morgan fingerprint density at radius 2 is 2.31 bits per heavy atom. The number of methoxy groups -OCH3 is 1. The Balaban J connectivity index is 2.07. The van der Waals surface area contributed by atoms with Gasteiger partial charge in [-0.15, -0.1) is 0 Å². The molecular formula is C11H13N3O2. The largest absolute Gasteiger partial charge is 0.384 e. The second kappa shape index (κ2) is 4.76. The molecule has 0 saturated carbocycles. The number of hydrogen-bond acceptors (Lipinski definition) is 3. The fourth-order valence-electron chi connectivity index (χ4n) is 1.40. The number of para-hydroxylation sites is 2. The van der Waals surface area contributed by atoms with E-state index in [1.807, 2.05) is 24.3 Å². The van der Waals surface area contributed by atoms with Crippen molar-refractivity contribution in [3.63, 3.8) is 0 Å². The van der Waals surface area contributed by atoms with Crippen molar-refractivity contribution in [2.24, 2.45) is 0 Å². The summed E-state index contributed by atoms with van der Waals surface area (Å²) < 4.78 is 4.82. The molecule has 0 radical (unpaired) electrons. The van der Waals surface area contributed by atoms with Gasteiger partial charge in [-0.1, -0.05) is 12.1 Å². The Labute approximate surface area is 92.8 Å². The summed E-state index contributed by atoms with van der Waals surface area (Å²) in [6.07, 6.45) is 0.327. The van der Waals surface area contributed by atoms with Crippen molar-refractivity contribution < 1.29 is 9.53 Å². The van der Waals surface area contributed by atoms with Crippen LogP contribution in [0.25, 0.3) is 11.0 Å². The number of benzene rings is 1. The number of carbonyl (C=O) groups excluding carboxylic acids is 1. The Bertz CT molecular complexity index is 460. The number of nitrogens with one attached hydrogen (secondary N) is 2. The number of amides is 1. The lowest BCUT2D eigenvalue weighted by Crippen LogP contribution is -2.14. The topological polar surface area (TPSA) is 67.0 Å². The van der Waals surface area contributed by atoms with E-state index in [-0.39, 0.29) is 5.91 Å². The predicted octanol–water partition coefficient (Wildman–Crippen LogP) is 1.54. The van der Waals surface area contributed by atoms with E-state index in [0.717, 1.165) is 11.0 Å². The molecule has 84 valence electrons. The van der Waals surface area contributed by atoms with Crippen molar-refractivity contribution in [1.29, 1.82) is 0 Å². The molecule has 0 aliphatic carbocycles. The maximum absolute atomic E-state index is 11.4. The average Bonchev–Trinajstić information content (AvgIpc) is 2.68. The molecule has 0 spiro atoms. The van der Waals surface area contributed by atoms with Crippen LogP contribution in [0.5, 0.6) is 0 Å². The summed E-state index contributed by atoms with van der Waals surface area (Å²) in [5.74, 6) is 0.364. The molecule has 0 aliphatic rings. The van der Waals surface area contributed by atoms with Crippen LogP contribution < -0.4 is 5.32 Å². The standard InChI is InChI=1S/C11H13N3O2/c1-16-7-6-10(15)14-11-12-8-4-2-3-5-9(8)13-11/h2-5H,6-7H2,1H3,(H2,12,13,14,15). The highest BCUT2D eigenvalue weighted by Gasteiger charge is 2.05. The zero-order valence-corrected chi connectivity index (χ0v) is 8.99. The maximum atomic E-state index is 11.4. The van der Waals surface area contributed by atoms with Crippen LogP contribution >= 0.6 is 0 Å². The number of nitrogens with zero attached hydrogens (tertiary/aromatic N) is 1. The molecule has 2 aromatic rings. The molecule has 2 N–H and O–H groups in total. The summed E-state index contributed by atoms with van der Waals surface area (Å²) in [5, 5.41) is 2.68. The van der Waals surface area contributed by atoms with E-state index in [2.05, 4.69) is 15.3 Å². The lowest BCUT2D eigenvalue weighted by molar-refractivity contribution is -0.117. The number of aromatic nitrogens is 2. The van der Waals surface area contributed by atoms with Gasteiger partial charge in [0.15, 0.2) is 0 Å². The van der Waals surface area contributed by atoms with Gasteiger partial charge in [0.05, 0.1) is 24.1 Å². The molecule has 5 nitrogen and oxygen atoms in total. The minimum atomic E-state index is -0.110. The molecule has 0 aliphatic heterocycles. The highest BCUT2D eigenvalue weighted by Crippen LogP contribution is 2.13. The van der Waals surface area contributed by atoms with Gasteiger partial charge in [0.2, 0.25) is 11.9 Å². The molecule has 0 bridgehead atoms. The van der Waals surface area contributed by atoms with E-state index in [1.165, 1.54) is 0 Å². The van der Waals surface area contributed by atoms with Crippen LogP contribution in [0, 0.1) is 0 Å². The number of H-pyrrole nitrogens is 1. The highest BCUT2D eigenvalue weighted by molar-refractivity contribution is 5.91. The summed E-state index contributed by atoms with van der Waals surface area (Å²) in [6.45, 7) is 0.409. The van der Waals surface area contributed by atoms with Gasteiger partial charge in [-0.25, -0.2) is 4.98 Å². The minimum absolute atomic E-state index is 0.110. The van der Waals surface area contributed by atoms with Crippen molar-refractivity contribution in [1.82, 2.24) is 9.97 Å². The normalized spacial score (nSPS) is 10.6. The Morgan fingerprint density at radius 1 is 1.50 bits per heavy atom. The van der Waals surface area contributed by atoms with Crippen LogP contribution in [0.4, 0.5) is 5.95 Å². The quantitative estimate of drug-likeness (QED) is 0.819. The first-order chi connectivity index (χ1) is 7.79. The van der Waals surface area contributed by atoms with Gasteiger partial charge in [0.25, 0.3) is 0 Å². The van der Waals surface area contributed by atoms with E-state index < -0.39 is 0 Å². The molecule has 1 heterocycles. The third-order valence-electron chi connectivity index (χ3n) is 2.18. The average molecular weight is 219 g/mol. The van der Waals surface area contributed by atoms with E-state index in [9.17, 15) is 4.79 Å². The van der Waals surface area contributed by atoms with Crippen molar-refractivity contribution in [3.05, 3.63) is 24.3 Å². The number of carbonyl (C=O) groups is 1. The van der Waals surface area contributed by atoms with Crippen LogP contribution in [0.3, 0.4) is 0 Å². The summed E-state index contributed by atoms with van der Waals surface area (Å²) in [7, 11) is 1.56. The summed E-state index contributed by atoms with van der Waals surface area (Å²) in [5.41, 5.74) is 1.74. The van der Waals surface area contributed by atoms with Crippen LogP contribution in [-0.4, -0.2) is 29.6 Å². The highest BCUT2D eigenvalue weighted by atomic mass is 16.5. The number of ether oxygens (including phenoxy) is 1. The molecule has 1 aromatic heterocycles. The predicted molar refractivity (Wildman–Crippen MR) is 61.2 cm³/mol. The molecule has 16 heavy (non-hydrogen) atoms. The first kappa shape index (κ1) is 10.6. The van der Waals surface area contributed by atoms with Crippen LogP contribution in [-0.2, 0) is 9.53 Å². The van der Waals surface area contributed by atoms with Crippen LogP contribution in [0.15, 0.2) is 24.3 Å². The number of hydrogen-bond donors (Lipinski definition) is 2. The number of anilines is 1. The first-order valence-corrected chi connectivity index (χ1v) is 5.03. The minimum Gasteiger partial charge on any atom is -0.384 e. The molecular weight excluding hydrogens is 206 g/mol. The smallest absolute Gasteiger partial charge is 0.228 e. The molecule has 0 atom stereocenters. The fraction of sp³-hybridized carbons (Fsp3) is 0.273. The Kier molecular flexibility index (Phi) is 3.16. The van der Waals surface area contributed by atoms with Crippen molar-refractivity contribution in [2.75, 3.05) is 19.0 Å². The molecule has 1 aromatic carbocycles. The zero-order valence-electron chi connectivity index (χ0n) is 8.99. The lowest BCUT2D eigenvalue weighted by Gasteiger charge is -1.99. The first-order valence-electron chi connectivity index (χ1n) is 5.03. The van der Waals surface area contributed by atoms with Gasteiger partial charge in [-0.2, -0.15) is 0 Å². The van der Waals surface area contributed by atoms with Gasteiger partial charge >= 0.3 is 0 Å². The van der Waals surface area contributed by atoms with Crippen molar-refractivity contribution in [3.8, 4) is 0 Å². The second-order valence-electron chi connectivity index (χ2n) is 3.39. The monoisotopic (exact) mass is 219 g/mol. The summed E-state index contributed by atoms with van der Waals surface area (Å²) in [6, 6.07) is 7.61. The van der Waals surface area contributed by atoms with Crippen molar-refractivity contribution in [2.45, 2.75) is 6.42 Å². The van der Waals surface area contributed by atoms with Gasteiger partial charge in [0.1, 0.15) is 0 Å². The van der Waals surface area contributed by atoms with Gasteiger partial charge in [-0.3, -0.25) is 10.1 Å².